The van der Waals surface area contributed by atoms with E-state index in [2.05, 4.69) is 41.9 Å². The molecule has 0 N–H and O–H groups in total. The first kappa shape index (κ1) is 13.8. The molecule has 0 unspecified atom stereocenters. The molecule has 3 heteroatoms. The number of carbonyl (C=O) groups is 1. The first-order chi connectivity index (χ1) is 9.11. The summed E-state index contributed by atoms with van der Waals surface area (Å²) in [5.41, 5.74) is 4.22. The number of carbonyl (C=O) groups excluding carboxylic acids is 1. The maximum Gasteiger partial charge on any atom is 0.151 e. The normalized spacial score (nSPS) is 10.3. The standard InChI is InChI=1S/C16H15BrO2/c1-11-4-3-5-12(2)15(11)10-19-14-6-7-16(17)13(8-14)9-18/h3-9H,10H2,1-2H3. The highest BCUT2D eigenvalue weighted by Gasteiger charge is 2.05. The highest BCUT2D eigenvalue weighted by molar-refractivity contribution is 9.10. The molecular formula is C16H15BrO2. The van der Waals surface area contributed by atoms with Crippen LogP contribution in [0, 0.1) is 13.8 Å². The molecule has 0 aliphatic carbocycles. The van der Waals surface area contributed by atoms with E-state index >= 15 is 0 Å². The molecule has 0 saturated heterocycles. The molecule has 2 nitrogen and oxygen atoms in total. The van der Waals surface area contributed by atoms with E-state index < -0.39 is 0 Å². The van der Waals surface area contributed by atoms with Gasteiger partial charge in [0.25, 0.3) is 0 Å². The number of hydrogen-bond acceptors (Lipinski definition) is 2. The predicted octanol–water partition coefficient (Wildman–Crippen LogP) is 4.46. The lowest BCUT2D eigenvalue weighted by Gasteiger charge is -2.12. The van der Waals surface area contributed by atoms with Crippen LogP contribution in [0.25, 0.3) is 0 Å². The number of halogens is 1. The van der Waals surface area contributed by atoms with Gasteiger partial charge in [0.1, 0.15) is 12.4 Å². The zero-order chi connectivity index (χ0) is 13.8. The van der Waals surface area contributed by atoms with Gasteiger partial charge in [-0.1, -0.05) is 34.1 Å². The average Bonchev–Trinajstić information content (AvgIpc) is 2.40. The highest BCUT2D eigenvalue weighted by Crippen LogP contribution is 2.23. The molecule has 0 saturated carbocycles. The van der Waals surface area contributed by atoms with Crippen LogP contribution in [0.15, 0.2) is 40.9 Å². The Hall–Kier alpha value is -1.61. The Morgan fingerprint density at radius 1 is 1.16 bits per heavy atom. The molecule has 0 bridgehead atoms. The second-order valence-corrected chi connectivity index (χ2v) is 5.31. The zero-order valence-electron chi connectivity index (χ0n) is 10.9. The minimum atomic E-state index is 0.512. The van der Waals surface area contributed by atoms with E-state index in [4.69, 9.17) is 4.74 Å². The Balaban J connectivity index is 2.17. The molecule has 2 aromatic carbocycles. The van der Waals surface area contributed by atoms with Gasteiger partial charge in [-0.05, 0) is 48.7 Å². The SMILES string of the molecule is Cc1cccc(C)c1COc1ccc(Br)c(C=O)c1. The van der Waals surface area contributed by atoms with Crippen molar-refractivity contribution in [1.29, 1.82) is 0 Å². The summed E-state index contributed by atoms with van der Waals surface area (Å²) in [5.74, 6) is 0.702. The summed E-state index contributed by atoms with van der Waals surface area (Å²) < 4.78 is 6.55. The monoisotopic (exact) mass is 318 g/mol. The number of rotatable bonds is 4. The van der Waals surface area contributed by atoms with Crippen LogP contribution >= 0.6 is 15.9 Å². The van der Waals surface area contributed by atoms with Gasteiger partial charge in [0.05, 0.1) is 0 Å². The van der Waals surface area contributed by atoms with Gasteiger partial charge >= 0.3 is 0 Å². The average molecular weight is 319 g/mol. The van der Waals surface area contributed by atoms with Crippen LogP contribution in [-0.4, -0.2) is 6.29 Å². The van der Waals surface area contributed by atoms with Gasteiger partial charge in [-0.15, -0.1) is 0 Å². The Kier molecular flexibility index (Phi) is 4.38. The van der Waals surface area contributed by atoms with Gasteiger partial charge in [0, 0.05) is 10.0 Å². The third kappa shape index (κ3) is 3.24. The van der Waals surface area contributed by atoms with Gasteiger partial charge in [-0.3, -0.25) is 4.79 Å². The first-order valence-corrected chi connectivity index (χ1v) is 6.83. The van der Waals surface area contributed by atoms with Crippen LogP contribution in [0.3, 0.4) is 0 Å². The molecule has 98 valence electrons. The van der Waals surface area contributed by atoms with Crippen molar-refractivity contribution in [3.05, 3.63) is 63.1 Å². The molecule has 19 heavy (non-hydrogen) atoms. The third-order valence-electron chi connectivity index (χ3n) is 3.12. The van der Waals surface area contributed by atoms with E-state index in [1.807, 2.05) is 18.2 Å². The minimum Gasteiger partial charge on any atom is -0.489 e. The molecule has 0 spiro atoms. The summed E-state index contributed by atoms with van der Waals surface area (Å²) in [5, 5.41) is 0. The summed E-state index contributed by atoms with van der Waals surface area (Å²) in [7, 11) is 0. The van der Waals surface area contributed by atoms with Crippen molar-refractivity contribution >= 4 is 22.2 Å². The summed E-state index contributed by atoms with van der Waals surface area (Å²) in [4.78, 5) is 10.9. The lowest BCUT2D eigenvalue weighted by Crippen LogP contribution is -2.01. The predicted molar refractivity (Wildman–Crippen MR) is 79.8 cm³/mol. The Morgan fingerprint density at radius 2 is 1.84 bits per heavy atom. The number of ether oxygens (including phenoxy) is 1. The molecule has 0 fully saturated rings. The quantitative estimate of drug-likeness (QED) is 0.778. The Labute approximate surface area is 121 Å². The van der Waals surface area contributed by atoms with Crippen LogP contribution in [0.1, 0.15) is 27.0 Å². The van der Waals surface area contributed by atoms with Crippen LogP contribution in [0.2, 0.25) is 0 Å². The molecule has 0 aliphatic rings. The van der Waals surface area contributed by atoms with Crippen LogP contribution in [0.5, 0.6) is 5.75 Å². The maximum atomic E-state index is 10.9. The highest BCUT2D eigenvalue weighted by atomic mass is 79.9. The second-order valence-electron chi connectivity index (χ2n) is 4.46. The number of hydrogen-bond donors (Lipinski definition) is 0. The van der Waals surface area contributed by atoms with Gasteiger partial charge in [0.2, 0.25) is 0 Å². The lowest BCUT2D eigenvalue weighted by molar-refractivity contribution is 0.112. The fourth-order valence-corrected chi connectivity index (χ4v) is 2.27. The molecule has 0 radical (unpaired) electrons. The maximum absolute atomic E-state index is 10.9. The summed E-state index contributed by atoms with van der Waals surface area (Å²) in [6.45, 7) is 4.66. The van der Waals surface area contributed by atoms with Crippen molar-refractivity contribution in [1.82, 2.24) is 0 Å². The fourth-order valence-electron chi connectivity index (χ4n) is 1.93. The zero-order valence-corrected chi connectivity index (χ0v) is 12.5. The minimum absolute atomic E-state index is 0.512. The van der Waals surface area contributed by atoms with Crippen molar-refractivity contribution in [3.63, 3.8) is 0 Å². The summed E-state index contributed by atoms with van der Waals surface area (Å²) >= 11 is 3.32. The molecule has 2 aromatic rings. The first-order valence-electron chi connectivity index (χ1n) is 6.04. The Bertz CT molecular complexity index is 585. The largest absolute Gasteiger partial charge is 0.489 e. The van der Waals surface area contributed by atoms with Gasteiger partial charge in [-0.25, -0.2) is 0 Å². The van der Waals surface area contributed by atoms with E-state index in [0.29, 0.717) is 17.9 Å². The van der Waals surface area contributed by atoms with Gasteiger partial charge in [-0.2, -0.15) is 0 Å². The third-order valence-corrected chi connectivity index (χ3v) is 3.84. The number of aryl methyl sites for hydroxylation is 2. The van der Waals surface area contributed by atoms with E-state index in [-0.39, 0.29) is 0 Å². The van der Waals surface area contributed by atoms with Crippen molar-refractivity contribution < 1.29 is 9.53 Å². The van der Waals surface area contributed by atoms with Gasteiger partial charge in [0.15, 0.2) is 6.29 Å². The molecule has 0 heterocycles. The van der Waals surface area contributed by atoms with E-state index in [9.17, 15) is 4.79 Å². The topological polar surface area (TPSA) is 26.3 Å². The molecule has 0 amide bonds. The van der Waals surface area contributed by atoms with Crippen LogP contribution in [-0.2, 0) is 6.61 Å². The molecule has 2 rings (SSSR count). The van der Waals surface area contributed by atoms with Crippen molar-refractivity contribution in [2.24, 2.45) is 0 Å². The van der Waals surface area contributed by atoms with E-state index in [1.54, 1.807) is 6.07 Å². The van der Waals surface area contributed by atoms with Crippen molar-refractivity contribution in [3.8, 4) is 5.75 Å². The number of aldehydes is 1. The molecule has 0 aromatic heterocycles. The molecule has 0 atom stereocenters. The Morgan fingerprint density at radius 3 is 2.47 bits per heavy atom. The second kappa shape index (κ2) is 6.02. The fraction of sp³-hybridized carbons (Fsp3) is 0.188. The van der Waals surface area contributed by atoms with Crippen LogP contribution in [0.4, 0.5) is 0 Å². The number of benzene rings is 2. The van der Waals surface area contributed by atoms with Crippen molar-refractivity contribution in [2.75, 3.05) is 0 Å². The summed E-state index contributed by atoms with van der Waals surface area (Å²) in [6, 6.07) is 11.6. The smallest absolute Gasteiger partial charge is 0.151 e. The molecular weight excluding hydrogens is 304 g/mol. The van der Waals surface area contributed by atoms with Crippen LogP contribution < -0.4 is 4.74 Å². The van der Waals surface area contributed by atoms with E-state index in [1.165, 1.54) is 16.7 Å². The lowest BCUT2D eigenvalue weighted by atomic mass is 10.0. The van der Waals surface area contributed by atoms with E-state index in [0.717, 1.165) is 10.8 Å². The van der Waals surface area contributed by atoms with Crippen molar-refractivity contribution in [2.45, 2.75) is 20.5 Å². The van der Waals surface area contributed by atoms with Gasteiger partial charge < -0.3 is 4.74 Å². The summed E-state index contributed by atoms with van der Waals surface area (Å²) in [6.07, 6.45) is 0.815. The molecule has 0 aliphatic heterocycles.